The first-order valence-corrected chi connectivity index (χ1v) is 15.1. The molecule has 2 aromatic carbocycles. The average Bonchev–Trinajstić information content (AvgIpc) is 3.24. The molecule has 208 valence electrons. The van der Waals surface area contributed by atoms with Gasteiger partial charge in [0.05, 0.1) is 22.8 Å². The minimum Gasteiger partial charge on any atom is -0.493 e. The molecule has 0 aliphatic carbocycles. The highest BCUT2D eigenvalue weighted by molar-refractivity contribution is 7.89. The first-order valence-electron chi connectivity index (χ1n) is 13.2. The summed E-state index contributed by atoms with van der Waals surface area (Å²) in [4.78, 5) is 20.6. The Balaban J connectivity index is 1.69. The Labute approximate surface area is 233 Å². The lowest BCUT2D eigenvalue weighted by molar-refractivity contribution is 0.341. The van der Waals surface area contributed by atoms with Gasteiger partial charge in [0.2, 0.25) is 10.0 Å². The Hall–Kier alpha value is -3.21. The fraction of sp³-hybridized carbons (Fsp3) is 0.393. The van der Waals surface area contributed by atoms with E-state index >= 15 is 0 Å². The highest BCUT2D eigenvalue weighted by Crippen LogP contribution is 2.30. The summed E-state index contributed by atoms with van der Waals surface area (Å²) in [5.74, 6) is 1.32. The number of ether oxygens (including phenoxy) is 1. The van der Waals surface area contributed by atoms with E-state index in [1.807, 2.05) is 6.92 Å². The van der Waals surface area contributed by atoms with E-state index in [0.717, 1.165) is 24.8 Å². The number of halogens is 1. The fourth-order valence-electron chi connectivity index (χ4n) is 4.41. The second-order valence-electron chi connectivity index (χ2n) is 9.38. The summed E-state index contributed by atoms with van der Waals surface area (Å²) in [6.07, 6.45) is 6.23. The summed E-state index contributed by atoms with van der Waals surface area (Å²) in [7, 11) is -3.88. The molecule has 4 aromatic rings. The van der Waals surface area contributed by atoms with Crippen LogP contribution in [-0.4, -0.2) is 34.6 Å². The number of nitrogens with zero attached hydrogens (tertiary/aromatic N) is 3. The standard InChI is InChI=1S/C28H34ClN5O4S/c1-4-6-7-8-9-10-25-31-19(3)26-28(35)32-27(33-34(25)26)23-17-22(15-16-24(23)38-5-2)39(36,37)30-18-20-11-13-21(29)14-12-20/h11-17,30H,4-10,18H2,1-3H3,(H,32,33,35). The Morgan fingerprint density at radius 2 is 1.79 bits per heavy atom. The summed E-state index contributed by atoms with van der Waals surface area (Å²) in [6.45, 7) is 6.25. The number of unbranched alkanes of at least 4 members (excludes halogenated alkanes) is 4. The minimum atomic E-state index is -3.88. The van der Waals surface area contributed by atoms with Crippen LogP contribution in [0.15, 0.2) is 52.2 Å². The summed E-state index contributed by atoms with van der Waals surface area (Å²) in [6, 6.07) is 11.4. The molecule has 0 aliphatic rings. The third kappa shape index (κ3) is 6.87. The number of hydrogen-bond acceptors (Lipinski definition) is 6. The van der Waals surface area contributed by atoms with Crippen LogP contribution in [0.4, 0.5) is 0 Å². The molecular weight excluding hydrogens is 538 g/mol. The number of rotatable bonds is 13. The molecule has 0 saturated carbocycles. The van der Waals surface area contributed by atoms with Gasteiger partial charge in [-0.1, -0.05) is 56.3 Å². The van der Waals surface area contributed by atoms with Crippen LogP contribution in [-0.2, 0) is 23.0 Å². The molecule has 0 amide bonds. The summed E-state index contributed by atoms with van der Waals surface area (Å²) < 4.78 is 36.3. The molecule has 2 aromatic heterocycles. The number of nitrogens with one attached hydrogen (secondary N) is 2. The Bertz CT molecular complexity index is 1600. The maximum Gasteiger partial charge on any atom is 0.277 e. The molecule has 0 atom stereocenters. The summed E-state index contributed by atoms with van der Waals surface area (Å²) in [5, 5.41) is 5.27. The molecule has 0 radical (unpaired) electrons. The smallest absolute Gasteiger partial charge is 0.277 e. The van der Waals surface area contributed by atoms with Gasteiger partial charge in [-0.2, -0.15) is 0 Å². The molecule has 2 N–H and O–H groups in total. The van der Waals surface area contributed by atoms with E-state index in [1.54, 1.807) is 41.8 Å². The van der Waals surface area contributed by atoms with Gasteiger partial charge in [-0.15, -0.1) is 5.10 Å². The predicted molar refractivity (Wildman–Crippen MR) is 153 cm³/mol. The minimum absolute atomic E-state index is 0.0237. The van der Waals surface area contributed by atoms with Crippen LogP contribution in [0.5, 0.6) is 5.75 Å². The van der Waals surface area contributed by atoms with Crippen molar-refractivity contribution in [1.82, 2.24) is 24.3 Å². The first kappa shape index (κ1) is 28.8. The maximum atomic E-state index is 13.2. The summed E-state index contributed by atoms with van der Waals surface area (Å²) >= 11 is 5.93. The predicted octanol–water partition coefficient (Wildman–Crippen LogP) is 5.44. The molecule has 2 heterocycles. The van der Waals surface area contributed by atoms with Gasteiger partial charge >= 0.3 is 0 Å². The number of aromatic nitrogens is 4. The second-order valence-corrected chi connectivity index (χ2v) is 11.6. The van der Waals surface area contributed by atoms with E-state index in [2.05, 4.69) is 21.6 Å². The van der Waals surface area contributed by atoms with Gasteiger partial charge in [0.1, 0.15) is 11.6 Å². The van der Waals surface area contributed by atoms with E-state index < -0.39 is 10.0 Å². The largest absolute Gasteiger partial charge is 0.493 e. The van der Waals surface area contributed by atoms with Crippen LogP contribution >= 0.6 is 11.6 Å². The Morgan fingerprint density at radius 1 is 1.05 bits per heavy atom. The zero-order valence-electron chi connectivity index (χ0n) is 22.5. The van der Waals surface area contributed by atoms with Crippen molar-refractivity contribution in [2.75, 3.05) is 6.61 Å². The summed E-state index contributed by atoms with van der Waals surface area (Å²) in [5.41, 5.74) is 1.77. The molecule has 4 rings (SSSR count). The van der Waals surface area contributed by atoms with Gasteiger partial charge in [0.25, 0.3) is 5.56 Å². The number of benzene rings is 2. The lowest BCUT2D eigenvalue weighted by Gasteiger charge is -2.13. The lowest BCUT2D eigenvalue weighted by atomic mass is 10.1. The number of aromatic amines is 1. The molecule has 11 heteroatoms. The number of sulfonamides is 1. The Morgan fingerprint density at radius 3 is 2.51 bits per heavy atom. The highest BCUT2D eigenvalue weighted by Gasteiger charge is 2.21. The van der Waals surface area contributed by atoms with Crippen molar-refractivity contribution in [1.29, 1.82) is 0 Å². The molecular formula is C28H34ClN5O4S. The van der Waals surface area contributed by atoms with Crippen LogP contribution in [0.25, 0.3) is 16.9 Å². The van der Waals surface area contributed by atoms with Crippen LogP contribution in [0.3, 0.4) is 0 Å². The number of fused-ring (bicyclic) bond motifs is 1. The van der Waals surface area contributed by atoms with Crippen molar-refractivity contribution < 1.29 is 13.2 Å². The third-order valence-corrected chi connectivity index (χ3v) is 8.09. The van der Waals surface area contributed by atoms with Crippen molar-refractivity contribution in [3.63, 3.8) is 0 Å². The molecule has 39 heavy (non-hydrogen) atoms. The van der Waals surface area contributed by atoms with Crippen LogP contribution in [0, 0.1) is 6.92 Å². The number of H-pyrrole nitrogens is 1. The highest BCUT2D eigenvalue weighted by atomic mass is 35.5. The zero-order valence-corrected chi connectivity index (χ0v) is 24.0. The maximum absolute atomic E-state index is 13.2. The number of imidazole rings is 1. The molecule has 0 saturated heterocycles. The average molecular weight is 572 g/mol. The zero-order chi connectivity index (χ0) is 28.0. The first-order chi connectivity index (χ1) is 18.7. The monoisotopic (exact) mass is 571 g/mol. The molecule has 0 spiro atoms. The molecule has 9 nitrogen and oxygen atoms in total. The van der Waals surface area contributed by atoms with E-state index in [-0.39, 0.29) is 22.8 Å². The van der Waals surface area contributed by atoms with Crippen LogP contribution < -0.4 is 15.0 Å². The van der Waals surface area contributed by atoms with E-state index in [4.69, 9.17) is 21.4 Å². The van der Waals surface area contributed by atoms with Crippen molar-refractivity contribution in [2.24, 2.45) is 0 Å². The molecule has 0 aliphatic heterocycles. The topological polar surface area (TPSA) is 118 Å². The van der Waals surface area contributed by atoms with Crippen molar-refractivity contribution >= 4 is 27.1 Å². The molecule has 0 unspecified atom stereocenters. The van der Waals surface area contributed by atoms with Gasteiger partial charge in [0.15, 0.2) is 11.3 Å². The Kier molecular flexibility index (Phi) is 9.42. The molecule has 0 bridgehead atoms. The van der Waals surface area contributed by atoms with E-state index in [9.17, 15) is 13.2 Å². The normalized spacial score (nSPS) is 11.8. The van der Waals surface area contributed by atoms with Gasteiger partial charge in [-0.3, -0.25) is 4.79 Å². The van der Waals surface area contributed by atoms with Gasteiger partial charge in [-0.25, -0.2) is 22.6 Å². The number of hydrogen-bond donors (Lipinski definition) is 2. The van der Waals surface area contributed by atoms with Crippen LogP contribution in [0.1, 0.15) is 63.0 Å². The lowest BCUT2D eigenvalue weighted by Crippen LogP contribution is -2.23. The molecule has 0 fully saturated rings. The second kappa shape index (κ2) is 12.8. The third-order valence-electron chi connectivity index (χ3n) is 6.44. The van der Waals surface area contributed by atoms with Crippen molar-refractivity contribution in [2.45, 2.75) is 70.7 Å². The van der Waals surface area contributed by atoms with Crippen molar-refractivity contribution in [3.8, 4) is 17.1 Å². The SMILES string of the molecule is CCCCCCCc1nc(C)c2c(=O)[nH]c(-c3cc(S(=O)(=O)NCc4ccc(Cl)cc4)ccc3OCC)nn12. The van der Waals surface area contributed by atoms with Gasteiger partial charge < -0.3 is 9.72 Å². The quantitative estimate of drug-likeness (QED) is 0.206. The van der Waals surface area contributed by atoms with Gasteiger partial charge in [-0.05, 0) is 56.2 Å². The number of aryl methyl sites for hydroxylation is 2. The van der Waals surface area contributed by atoms with Gasteiger partial charge in [0, 0.05) is 18.0 Å². The van der Waals surface area contributed by atoms with Crippen LogP contribution in [0.2, 0.25) is 5.02 Å². The fourth-order valence-corrected chi connectivity index (χ4v) is 5.58. The van der Waals surface area contributed by atoms with E-state index in [0.29, 0.717) is 46.4 Å². The van der Waals surface area contributed by atoms with E-state index in [1.165, 1.54) is 25.0 Å². The van der Waals surface area contributed by atoms with Crippen molar-refractivity contribution in [3.05, 3.63) is 74.9 Å².